The van der Waals surface area contributed by atoms with Gasteiger partial charge in [0, 0.05) is 35.8 Å². The Bertz CT molecular complexity index is 792. The van der Waals surface area contributed by atoms with Crippen LogP contribution < -0.4 is 5.32 Å². The second-order valence-corrected chi connectivity index (χ2v) is 5.13. The number of H-pyrrole nitrogens is 2. The molecule has 0 unspecified atom stereocenters. The number of hydrogen-bond acceptors (Lipinski definition) is 2. The summed E-state index contributed by atoms with van der Waals surface area (Å²) in [7, 11) is 0. The van der Waals surface area contributed by atoms with E-state index in [4.69, 9.17) is 23.2 Å². The first-order valence-corrected chi connectivity index (χ1v) is 6.59. The lowest BCUT2D eigenvalue weighted by Gasteiger charge is -2.08. The van der Waals surface area contributed by atoms with Crippen LogP contribution in [0, 0.1) is 0 Å². The van der Waals surface area contributed by atoms with Crippen LogP contribution in [0.5, 0.6) is 0 Å². The Labute approximate surface area is 124 Å². The molecule has 0 saturated heterocycles. The zero-order valence-corrected chi connectivity index (χ0v) is 11.9. The standard InChI is InChI=1S/C13H10Cl2N4O/c1-6(20)19-10-2-9(14)12(15)13-11(10)8(5-16-13)7-3-17-18-4-7/h2-5,16H,1H3,(H,17,18)(H,19,20). The number of fused-ring (bicyclic) bond motifs is 1. The maximum atomic E-state index is 11.4. The average Bonchev–Trinajstić information content (AvgIpc) is 3.03. The van der Waals surface area contributed by atoms with Gasteiger partial charge in [0.1, 0.15) is 0 Å². The molecule has 1 aromatic carbocycles. The molecule has 20 heavy (non-hydrogen) atoms. The molecular formula is C13H10Cl2N4O. The highest BCUT2D eigenvalue weighted by atomic mass is 35.5. The molecule has 0 saturated carbocycles. The average molecular weight is 309 g/mol. The van der Waals surface area contributed by atoms with E-state index in [-0.39, 0.29) is 5.91 Å². The number of nitrogens with zero attached hydrogens (tertiary/aromatic N) is 1. The fourth-order valence-electron chi connectivity index (χ4n) is 2.17. The maximum absolute atomic E-state index is 11.4. The van der Waals surface area contributed by atoms with Crippen LogP contribution in [0.3, 0.4) is 0 Å². The topological polar surface area (TPSA) is 73.6 Å². The lowest BCUT2D eigenvalue weighted by atomic mass is 10.1. The molecule has 0 aliphatic heterocycles. The van der Waals surface area contributed by atoms with Gasteiger partial charge in [0.2, 0.25) is 5.91 Å². The third-order valence-corrected chi connectivity index (χ3v) is 3.76. The van der Waals surface area contributed by atoms with Gasteiger partial charge in [0.25, 0.3) is 0 Å². The minimum absolute atomic E-state index is 0.177. The Hall–Kier alpha value is -1.98. The second-order valence-electron chi connectivity index (χ2n) is 4.34. The quantitative estimate of drug-likeness (QED) is 0.673. The van der Waals surface area contributed by atoms with Crippen molar-refractivity contribution in [3.05, 3.63) is 34.7 Å². The summed E-state index contributed by atoms with van der Waals surface area (Å²) in [6.07, 6.45) is 5.27. The summed E-state index contributed by atoms with van der Waals surface area (Å²) in [5, 5.41) is 11.1. The summed E-state index contributed by atoms with van der Waals surface area (Å²) in [6.45, 7) is 1.44. The van der Waals surface area contributed by atoms with E-state index in [0.29, 0.717) is 21.2 Å². The van der Waals surface area contributed by atoms with Gasteiger partial charge in [-0.15, -0.1) is 0 Å². The van der Waals surface area contributed by atoms with E-state index in [9.17, 15) is 4.79 Å². The first kappa shape index (κ1) is 13.0. The van der Waals surface area contributed by atoms with Gasteiger partial charge in [-0.25, -0.2) is 0 Å². The predicted molar refractivity (Wildman–Crippen MR) is 80.2 cm³/mol. The molecule has 2 heterocycles. The van der Waals surface area contributed by atoms with Crippen molar-refractivity contribution in [2.24, 2.45) is 0 Å². The third-order valence-electron chi connectivity index (χ3n) is 2.97. The zero-order valence-electron chi connectivity index (χ0n) is 10.4. The summed E-state index contributed by atoms with van der Waals surface area (Å²) in [4.78, 5) is 14.4. The Morgan fingerprint density at radius 1 is 1.35 bits per heavy atom. The number of hydrogen-bond donors (Lipinski definition) is 3. The van der Waals surface area contributed by atoms with Crippen LogP contribution in [0.15, 0.2) is 24.7 Å². The van der Waals surface area contributed by atoms with E-state index in [1.54, 1.807) is 18.5 Å². The van der Waals surface area contributed by atoms with Crippen molar-refractivity contribution in [3.63, 3.8) is 0 Å². The van der Waals surface area contributed by atoms with Gasteiger partial charge >= 0.3 is 0 Å². The number of rotatable bonds is 2. The number of anilines is 1. The molecule has 0 aliphatic rings. The van der Waals surface area contributed by atoms with Crippen LogP contribution in [-0.4, -0.2) is 21.1 Å². The van der Waals surface area contributed by atoms with Crippen molar-refractivity contribution in [1.82, 2.24) is 15.2 Å². The van der Waals surface area contributed by atoms with Crippen molar-refractivity contribution in [1.29, 1.82) is 0 Å². The fourth-order valence-corrected chi connectivity index (χ4v) is 2.58. The van der Waals surface area contributed by atoms with Crippen LogP contribution in [-0.2, 0) is 4.79 Å². The molecule has 0 bridgehead atoms. The van der Waals surface area contributed by atoms with E-state index in [1.807, 2.05) is 6.20 Å². The smallest absolute Gasteiger partial charge is 0.221 e. The van der Waals surface area contributed by atoms with Crippen LogP contribution in [0.25, 0.3) is 22.0 Å². The molecule has 3 rings (SSSR count). The number of amides is 1. The van der Waals surface area contributed by atoms with Crippen molar-refractivity contribution < 1.29 is 4.79 Å². The van der Waals surface area contributed by atoms with Crippen LogP contribution in [0.1, 0.15) is 6.92 Å². The molecule has 2 aromatic heterocycles. The van der Waals surface area contributed by atoms with Crippen molar-refractivity contribution in [2.45, 2.75) is 6.92 Å². The lowest BCUT2D eigenvalue weighted by molar-refractivity contribution is -0.114. The molecule has 0 atom stereocenters. The fraction of sp³-hybridized carbons (Fsp3) is 0.0769. The SMILES string of the molecule is CC(=O)Nc1cc(Cl)c(Cl)c2[nH]cc(-c3cn[nH]c3)c12. The molecule has 7 heteroatoms. The number of carbonyl (C=O) groups excluding carboxylic acids is 1. The molecular weight excluding hydrogens is 299 g/mol. The number of halogens is 2. The highest BCUT2D eigenvalue weighted by molar-refractivity contribution is 6.46. The highest BCUT2D eigenvalue weighted by Gasteiger charge is 2.17. The van der Waals surface area contributed by atoms with Gasteiger partial charge in [-0.05, 0) is 6.07 Å². The van der Waals surface area contributed by atoms with Gasteiger partial charge in [-0.2, -0.15) is 5.10 Å². The molecule has 5 nitrogen and oxygen atoms in total. The Kier molecular flexibility index (Phi) is 3.16. The van der Waals surface area contributed by atoms with Gasteiger partial charge in [-0.3, -0.25) is 9.89 Å². The molecule has 3 N–H and O–H groups in total. The first-order valence-electron chi connectivity index (χ1n) is 5.83. The normalized spacial score (nSPS) is 10.9. The number of aromatic nitrogens is 3. The van der Waals surface area contributed by atoms with Crippen molar-refractivity contribution >= 4 is 45.7 Å². The van der Waals surface area contributed by atoms with Crippen LogP contribution in [0.4, 0.5) is 5.69 Å². The number of carbonyl (C=O) groups is 1. The Balaban J connectivity index is 2.33. The first-order chi connectivity index (χ1) is 9.58. The minimum Gasteiger partial charge on any atom is -0.359 e. The maximum Gasteiger partial charge on any atom is 0.221 e. The number of benzene rings is 1. The van der Waals surface area contributed by atoms with Crippen molar-refractivity contribution in [2.75, 3.05) is 5.32 Å². The van der Waals surface area contributed by atoms with Gasteiger partial charge in [0.05, 0.1) is 27.4 Å². The zero-order chi connectivity index (χ0) is 14.3. The monoisotopic (exact) mass is 308 g/mol. The highest BCUT2D eigenvalue weighted by Crippen LogP contribution is 2.40. The minimum atomic E-state index is -0.177. The Morgan fingerprint density at radius 3 is 2.80 bits per heavy atom. The van der Waals surface area contributed by atoms with E-state index < -0.39 is 0 Å². The molecule has 102 valence electrons. The third kappa shape index (κ3) is 2.05. The second kappa shape index (κ2) is 4.85. The lowest BCUT2D eigenvalue weighted by Crippen LogP contribution is -2.06. The molecule has 0 radical (unpaired) electrons. The summed E-state index contributed by atoms with van der Waals surface area (Å²) < 4.78 is 0. The number of nitrogens with one attached hydrogen (secondary N) is 3. The summed E-state index contributed by atoms with van der Waals surface area (Å²) in [5.41, 5.74) is 3.07. The van der Waals surface area contributed by atoms with Crippen LogP contribution >= 0.6 is 23.2 Å². The summed E-state index contributed by atoms with van der Waals surface area (Å²) >= 11 is 12.3. The molecule has 0 fully saturated rings. The van der Waals surface area contributed by atoms with Gasteiger partial charge < -0.3 is 10.3 Å². The van der Waals surface area contributed by atoms with E-state index >= 15 is 0 Å². The van der Waals surface area contributed by atoms with E-state index in [1.165, 1.54) is 6.92 Å². The summed E-state index contributed by atoms with van der Waals surface area (Å²) in [6, 6.07) is 1.64. The predicted octanol–water partition coefficient (Wildman–Crippen LogP) is 3.82. The largest absolute Gasteiger partial charge is 0.359 e. The molecule has 3 aromatic rings. The molecule has 1 amide bonds. The molecule has 0 spiro atoms. The molecule has 0 aliphatic carbocycles. The van der Waals surface area contributed by atoms with E-state index in [2.05, 4.69) is 20.5 Å². The van der Waals surface area contributed by atoms with Gasteiger partial charge in [0.15, 0.2) is 0 Å². The Morgan fingerprint density at radius 2 is 2.15 bits per heavy atom. The van der Waals surface area contributed by atoms with Gasteiger partial charge in [-0.1, -0.05) is 23.2 Å². The van der Waals surface area contributed by atoms with Crippen LogP contribution in [0.2, 0.25) is 10.0 Å². The van der Waals surface area contributed by atoms with Crippen molar-refractivity contribution in [3.8, 4) is 11.1 Å². The number of aromatic amines is 2. The summed E-state index contributed by atoms with van der Waals surface area (Å²) in [5.74, 6) is -0.177. The van der Waals surface area contributed by atoms with E-state index in [0.717, 1.165) is 16.5 Å².